The Kier molecular flexibility index (Phi) is 11.4. The number of aromatic nitrogens is 4. The molecule has 1 aliphatic heterocycles. The first-order chi connectivity index (χ1) is 18.0. The number of hydrogen-bond acceptors (Lipinski definition) is 12. The van der Waals surface area contributed by atoms with Crippen molar-refractivity contribution in [3.05, 3.63) is 6.07 Å². The Bertz CT molecular complexity index is 995. The number of nitrogens with zero attached hydrogens (tertiary/aromatic N) is 6. The number of nitrogens with one attached hydrogen (secondary N) is 1. The highest BCUT2D eigenvalue weighted by Gasteiger charge is 2.24. The van der Waals surface area contributed by atoms with Gasteiger partial charge >= 0.3 is 0 Å². The van der Waals surface area contributed by atoms with E-state index in [2.05, 4.69) is 42.0 Å². The Labute approximate surface area is 222 Å². The van der Waals surface area contributed by atoms with Crippen molar-refractivity contribution in [1.82, 2.24) is 24.8 Å². The fourth-order valence-electron chi connectivity index (χ4n) is 3.96. The summed E-state index contributed by atoms with van der Waals surface area (Å²) in [6.07, 6.45) is 5.78. The van der Waals surface area contributed by atoms with Crippen LogP contribution in [0.4, 0.5) is 17.6 Å². The Morgan fingerprint density at radius 1 is 1.05 bits per heavy atom. The number of unbranched alkanes of at least 4 members (excludes halogenated alkanes) is 4. The number of aliphatic hydroxyl groups excluding tert-OH is 1. The van der Waals surface area contributed by atoms with Crippen molar-refractivity contribution < 1.29 is 19.4 Å². The van der Waals surface area contributed by atoms with Crippen LogP contribution in [0.15, 0.2) is 16.1 Å². The van der Waals surface area contributed by atoms with Gasteiger partial charge in [-0.1, -0.05) is 32.6 Å². The lowest BCUT2D eigenvalue weighted by Gasteiger charge is -2.34. The van der Waals surface area contributed by atoms with E-state index in [0.29, 0.717) is 46.5 Å². The lowest BCUT2D eigenvalue weighted by atomic mass is 10.1. The number of aliphatic hydroxyl groups is 1. The van der Waals surface area contributed by atoms with Crippen molar-refractivity contribution in [2.75, 3.05) is 69.5 Å². The minimum atomic E-state index is -0.104. The number of nitrogens with two attached hydrogens (primary N) is 1. The molecule has 12 nitrogen and oxygen atoms in total. The number of nitrogen functional groups attached to an aromatic ring is 1. The van der Waals surface area contributed by atoms with E-state index >= 15 is 0 Å². The normalized spacial score (nSPS) is 14.0. The molecule has 1 fully saturated rings. The molecule has 37 heavy (non-hydrogen) atoms. The molecular weight excluding hydrogens is 496 g/mol. The minimum Gasteiger partial charge on any atom is -0.480 e. The maximum atomic E-state index is 12.4. The Morgan fingerprint density at radius 3 is 2.35 bits per heavy atom. The molecule has 1 saturated heterocycles. The van der Waals surface area contributed by atoms with Gasteiger partial charge in [-0.3, -0.25) is 9.69 Å². The number of ether oxygens (including phenoxy) is 2. The van der Waals surface area contributed by atoms with E-state index in [1.807, 2.05) is 0 Å². The highest BCUT2D eigenvalue weighted by atomic mass is 32.2. The summed E-state index contributed by atoms with van der Waals surface area (Å²) >= 11 is 1.15. The van der Waals surface area contributed by atoms with E-state index < -0.39 is 0 Å². The van der Waals surface area contributed by atoms with Gasteiger partial charge in [-0.05, 0) is 18.2 Å². The quantitative estimate of drug-likeness (QED) is 0.241. The van der Waals surface area contributed by atoms with Crippen LogP contribution in [-0.2, 0) is 4.79 Å². The van der Waals surface area contributed by atoms with Crippen molar-refractivity contribution in [2.45, 2.75) is 55.5 Å². The number of β-amino-alcohol motifs (C(OH)–C–C–N with tert-alkyl or cyclic N) is 1. The molecule has 3 heterocycles. The lowest BCUT2D eigenvalue weighted by Crippen LogP contribution is -2.47. The molecular formula is C24H38N8O4S. The Morgan fingerprint density at radius 2 is 1.73 bits per heavy atom. The number of rotatable bonds is 14. The first-order valence-corrected chi connectivity index (χ1v) is 13.5. The van der Waals surface area contributed by atoms with Crippen molar-refractivity contribution in [3.8, 4) is 11.8 Å². The third-order valence-corrected chi connectivity index (χ3v) is 6.86. The molecule has 0 aliphatic carbocycles. The zero-order valence-corrected chi connectivity index (χ0v) is 22.7. The van der Waals surface area contributed by atoms with Gasteiger partial charge in [0.1, 0.15) is 16.5 Å². The molecule has 0 bridgehead atoms. The largest absolute Gasteiger partial charge is 0.480 e. The van der Waals surface area contributed by atoms with Crippen molar-refractivity contribution in [3.63, 3.8) is 0 Å². The maximum absolute atomic E-state index is 12.4. The minimum absolute atomic E-state index is 0.104. The van der Waals surface area contributed by atoms with Crippen LogP contribution in [0.3, 0.4) is 0 Å². The van der Waals surface area contributed by atoms with Crippen LogP contribution in [-0.4, -0.2) is 89.4 Å². The molecule has 0 unspecified atom stereocenters. The smallest absolute Gasteiger partial charge is 0.236 e. The van der Waals surface area contributed by atoms with Crippen molar-refractivity contribution in [2.24, 2.45) is 0 Å². The van der Waals surface area contributed by atoms with E-state index in [1.165, 1.54) is 33.1 Å². The molecule has 0 atom stereocenters. The number of anilines is 3. The number of hydrogen-bond donors (Lipinski definition) is 3. The van der Waals surface area contributed by atoms with Gasteiger partial charge in [-0.25, -0.2) is 9.97 Å². The topological polar surface area (TPSA) is 152 Å². The van der Waals surface area contributed by atoms with Crippen LogP contribution in [0.1, 0.15) is 45.4 Å². The number of carbonyl (C=O) groups excluding carboxylic acids is 1. The van der Waals surface area contributed by atoms with Gasteiger partial charge in [0.15, 0.2) is 5.16 Å². The highest BCUT2D eigenvalue weighted by Crippen LogP contribution is 2.40. The predicted molar refractivity (Wildman–Crippen MR) is 143 cm³/mol. The molecule has 1 aliphatic rings. The fraction of sp³-hybridized carbons (Fsp3) is 0.625. The maximum Gasteiger partial charge on any atom is 0.236 e. The molecule has 204 valence electrons. The average molecular weight is 535 g/mol. The summed E-state index contributed by atoms with van der Waals surface area (Å²) in [7, 11) is 3.06. The fourth-order valence-corrected chi connectivity index (χ4v) is 4.87. The molecule has 0 aromatic carbocycles. The van der Waals surface area contributed by atoms with Gasteiger partial charge in [0.05, 0.1) is 20.8 Å². The van der Waals surface area contributed by atoms with Crippen LogP contribution in [0.2, 0.25) is 0 Å². The Balaban J connectivity index is 1.72. The van der Waals surface area contributed by atoms with Gasteiger partial charge in [0.2, 0.25) is 23.6 Å². The summed E-state index contributed by atoms with van der Waals surface area (Å²) in [4.78, 5) is 35.1. The van der Waals surface area contributed by atoms with Crippen molar-refractivity contribution >= 4 is 35.3 Å². The monoisotopic (exact) mass is 534 g/mol. The number of methoxy groups -OCH3 is 2. The summed E-state index contributed by atoms with van der Waals surface area (Å²) < 4.78 is 11.1. The third-order valence-electron chi connectivity index (χ3n) is 5.94. The lowest BCUT2D eigenvalue weighted by molar-refractivity contribution is -0.116. The number of amides is 1. The summed E-state index contributed by atoms with van der Waals surface area (Å²) in [6.45, 7) is 6.00. The molecule has 4 N–H and O–H groups in total. The zero-order chi connectivity index (χ0) is 26.6. The molecule has 0 spiro atoms. The first kappa shape index (κ1) is 28.7. The SMILES string of the molecule is CCCCCCCC(=O)Nc1cc(N)nc(Sc2c(OC)nc(N3CCN(CCO)CC3)nc2OC)n1. The summed E-state index contributed by atoms with van der Waals surface area (Å²) in [5.74, 6) is 1.62. The first-order valence-electron chi connectivity index (χ1n) is 12.7. The molecule has 2 aromatic heterocycles. The average Bonchev–Trinajstić information content (AvgIpc) is 2.89. The summed E-state index contributed by atoms with van der Waals surface area (Å²) in [6, 6.07) is 1.53. The van der Waals surface area contributed by atoms with Crippen LogP contribution in [0.5, 0.6) is 11.8 Å². The van der Waals surface area contributed by atoms with E-state index in [9.17, 15) is 9.90 Å². The molecule has 0 saturated carbocycles. The van der Waals surface area contributed by atoms with Crippen LogP contribution in [0.25, 0.3) is 0 Å². The van der Waals surface area contributed by atoms with Gasteiger partial charge < -0.3 is 30.5 Å². The zero-order valence-electron chi connectivity index (χ0n) is 21.9. The Hall–Kier alpha value is -2.90. The molecule has 1 amide bonds. The number of piperazine rings is 1. The highest BCUT2D eigenvalue weighted by molar-refractivity contribution is 7.99. The summed E-state index contributed by atoms with van der Waals surface area (Å²) in [5.41, 5.74) is 6.00. The van der Waals surface area contributed by atoms with Gasteiger partial charge in [-0.2, -0.15) is 9.97 Å². The second kappa shape index (κ2) is 14.7. The second-order valence-corrected chi connectivity index (χ2v) is 9.68. The molecule has 0 radical (unpaired) electrons. The van der Waals surface area contributed by atoms with Crippen LogP contribution < -0.4 is 25.4 Å². The van der Waals surface area contributed by atoms with Gasteiger partial charge in [-0.15, -0.1) is 0 Å². The molecule has 13 heteroatoms. The van der Waals surface area contributed by atoms with E-state index in [0.717, 1.165) is 57.2 Å². The van der Waals surface area contributed by atoms with Crippen molar-refractivity contribution in [1.29, 1.82) is 0 Å². The summed E-state index contributed by atoms with van der Waals surface area (Å²) in [5, 5.41) is 12.3. The van der Waals surface area contributed by atoms with E-state index in [4.69, 9.17) is 15.2 Å². The van der Waals surface area contributed by atoms with Crippen LogP contribution >= 0.6 is 11.8 Å². The third kappa shape index (κ3) is 8.58. The van der Waals surface area contributed by atoms with E-state index in [-0.39, 0.29) is 18.3 Å². The molecule has 2 aromatic rings. The molecule has 3 rings (SSSR count). The van der Waals surface area contributed by atoms with Gasteiger partial charge in [0, 0.05) is 45.2 Å². The predicted octanol–water partition coefficient (Wildman–Crippen LogP) is 2.43. The standard InChI is InChI=1S/C24H38N8O4S/c1-4-5-6-7-8-9-19(34)27-18-16-17(25)26-24(28-18)37-20-21(35-2)29-23(30-22(20)36-3)32-12-10-31(11-13-32)14-15-33/h16,33H,4-15H2,1-3H3,(H3,25,26,27,28,34). The van der Waals surface area contributed by atoms with Gasteiger partial charge in [0.25, 0.3) is 0 Å². The second-order valence-electron chi connectivity index (χ2n) is 8.70. The number of carbonyl (C=O) groups is 1. The van der Waals surface area contributed by atoms with E-state index in [1.54, 1.807) is 0 Å². The van der Waals surface area contributed by atoms with Crippen LogP contribution in [0, 0.1) is 0 Å².